The third-order valence-corrected chi connectivity index (χ3v) is 2.11. The van der Waals surface area contributed by atoms with Gasteiger partial charge in [0.1, 0.15) is 10.1 Å². The maximum atomic E-state index is 10.4. The van der Waals surface area contributed by atoms with E-state index >= 15 is 0 Å². The van der Waals surface area contributed by atoms with Gasteiger partial charge in [-0.3, -0.25) is 12.9 Å². The first-order valence-corrected chi connectivity index (χ1v) is 5.09. The topological polar surface area (TPSA) is 57.2 Å². The number of hydrogen-bond acceptors (Lipinski definition) is 3. The van der Waals surface area contributed by atoms with Crippen molar-refractivity contribution >= 4 is 17.7 Å². The van der Waals surface area contributed by atoms with Gasteiger partial charge in [-0.2, -0.15) is 0 Å². The first-order chi connectivity index (χ1) is 6.73. The molecule has 0 amide bonds. The van der Waals surface area contributed by atoms with Crippen molar-refractivity contribution < 1.29 is 44.8 Å². The Bertz CT molecular complexity index is 410. The normalized spacial score (nSPS) is 9.56. The number of aryl methyl sites for hydroxylation is 1. The Morgan fingerprint density at radius 1 is 1.25 bits per heavy atom. The van der Waals surface area contributed by atoms with Crippen LogP contribution in [0.2, 0.25) is 0 Å². The fraction of sp³-hybridized carbons (Fsp3) is 0.143. The van der Waals surface area contributed by atoms with E-state index in [0.29, 0.717) is 0 Å². The number of halogens is 3. The molecule has 0 bridgehead atoms. The molecule has 9 heteroatoms. The SMILES string of the molecule is Cc1cccc(S(=O)(=O)[O-])c1.FB(F)F.[Li+]. The minimum atomic E-state index is -4.28. The first-order valence-electron chi connectivity index (χ1n) is 3.68. The fourth-order valence-electron chi connectivity index (χ4n) is 0.771. The van der Waals surface area contributed by atoms with Crippen LogP contribution in [0.5, 0.6) is 0 Å². The van der Waals surface area contributed by atoms with Crippen LogP contribution in [0, 0.1) is 6.92 Å². The van der Waals surface area contributed by atoms with Gasteiger partial charge in [0.25, 0.3) is 0 Å². The van der Waals surface area contributed by atoms with Crippen molar-refractivity contribution in [3.63, 3.8) is 0 Å². The Kier molecular flexibility index (Phi) is 8.75. The van der Waals surface area contributed by atoms with Crippen LogP contribution < -0.4 is 18.9 Å². The van der Waals surface area contributed by atoms with E-state index in [9.17, 15) is 25.9 Å². The summed E-state index contributed by atoms with van der Waals surface area (Å²) in [5.74, 6) is 0. The summed E-state index contributed by atoms with van der Waals surface area (Å²) in [7, 11) is -7.94. The second kappa shape index (κ2) is 7.79. The van der Waals surface area contributed by atoms with Crippen LogP contribution in [0.4, 0.5) is 12.9 Å². The van der Waals surface area contributed by atoms with Gasteiger partial charge in [0, 0.05) is 0 Å². The second-order valence-corrected chi connectivity index (χ2v) is 3.90. The van der Waals surface area contributed by atoms with Crippen LogP contribution >= 0.6 is 0 Å². The number of hydrogen-bond donors (Lipinski definition) is 0. The summed E-state index contributed by atoms with van der Waals surface area (Å²) in [5, 5.41) is 0. The molecule has 0 saturated carbocycles. The molecule has 0 unspecified atom stereocenters. The molecule has 84 valence electrons. The van der Waals surface area contributed by atoms with E-state index in [4.69, 9.17) is 0 Å². The number of benzene rings is 1. The fourth-order valence-corrected chi connectivity index (χ4v) is 1.35. The van der Waals surface area contributed by atoms with Crippen molar-refractivity contribution in [1.82, 2.24) is 0 Å². The Balaban J connectivity index is 0. The van der Waals surface area contributed by atoms with E-state index in [0.717, 1.165) is 5.56 Å². The van der Waals surface area contributed by atoms with Gasteiger partial charge >= 0.3 is 26.4 Å². The first kappa shape index (κ1) is 18.0. The molecule has 0 atom stereocenters. The molecule has 3 nitrogen and oxygen atoms in total. The monoisotopic (exact) mass is 246 g/mol. The van der Waals surface area contributed by atoms with E-state index in [2.05, 4.69) is 0 Å². The van der Waals surface area contributed by atoms with Crippen LogP contribution in [-0.4, -0.2) is 20.5 Å². The minimum Gasteiger partial charge on any atom is -0.744 e. The molecule has 0 aliphatic heterocycles. The largest absolute Gasteiger partial charge is 1.00 e. The summed E-state index contributed by atoms with van der Waals surface area (Å²) in [6, 6.07) is 5.91. The third kappa shape index (κ3) is 8.86. The zero-order valence-electron chi connectivity index (χ0n) is 8.65. The van der Waals surface area contributed by atoms with Crippen molar-refractivity contribution in [3.05, 3.63) is 29.8 Å². The Morgan fingerprint density at radius 3 is 1.94 bits per heavy atom. The summed E-state index contributed by atoms with van der Waals surface area (Å²) in [4.78, 5) is -0.169. The molecule has 16 heavy (non-hydrogen) atoms. The van der Waals surface area contributed by atoms with Crippen molar-refractivity contribution in [1.29, 1.82) is 0 Å². The maximum absolute atomic E-state index is 10.4. The van der Waals surface area contributed by atoms with Crippen molar-refractivity contribution in [2.24, 2.45) is 0 Å². The van der Waals surface area contributed by atoms with Crippen LogP contribution in [0.1, 0.15) is 5.56 Å². The molecule has 0 fully saturated rings. The van der Waals surface area contributed by atoms with Crippen molar-refractivity contribution in [2.75, 3.05) is 0 Å². The Morgan fingerprint density at radius 2 is 1.69 bits per heavy atom. The smallest absolute Gasteiger partial charge is 0.744 e. The van der Waals surface area contributed by atoms with E-state index in [1.54, 1.807) is 19.1 Å². The van der Waals surface area contributed by atoms with Crippen LogP contribution in [0.15, 0.2) is 29.2 Å². The molecule has 1 aromatic carbocycles. The van der Waals surface area contributed by atoms with Gasteiger partial charge in [0.2, 0.25) is 0 Å². The van der Waals surface area contributed by atoms with E-state index in [-0.39, 0.29) is 23.8 Å². The predicted molar refractivity (Wildman–Crippen MR) is 48.2 cm³/mol. The zero-order valence-corrected chi connectivity index (χ0v) is 9.47. The summed E-state index contributed by atoms with van der Waals surface area (Å²) >= 11 is 0. The van der Waals surface area contributed by atoms with E-state index in [1.807, 2.05) is 0 Å². The third-order valence-electron chi connectivity index (χ3n) is 1.28. The molecular formula is C7H7BF3LiO3S. The quantitative estimate of drug-likeness (QED) is 0.461. The second-order valence-electron chi connectivity index (χ2n) is 2.52. The maximum Gasteiger partial charge on any atom is 1.00 e. The summed E-state index contributed by atoms with van der Waals surface area (Å²) < 4.78 is 60.3. The van der Waals surface area contributed by atoms with E-state index < -0.39 is 17.7 Å². The van der Waals surface area contributed by atoms with Gasteiger partial charge in [0.15, 0.2) is 0 Å². The molecule has 0 heterocycles. The van der Waals surface area contributed by atoms with Gasteiger partial charge in [-0.25, -0.2) is 8.42 Å². The standard InChI is InChI=1S/C7H8O3S.BF3.Li/c1-6-3-2-4-7(5-6)11(8,9)10;2-1(3)4;/h2-5H,1H3,(H,8,9,10);;/q;;+1/p-1. The zero-order chi connectivity index (χ0) is 12.1. The van der Waals surface area contributed by atoms with Crippen LogP contribution in [0.25, 0.3) is 0 Å². The van der Waals surface area contributed by atoms with Crippen LogP contribution in [-0.2, 0) is 10.1 Å². The average molecular weight is 246 g/mol. The van der Waals surface area contributed by atoms with Crippen molar-refractivity contribution in [3.8, 4) is 0 Å². The molecule has 0 radical (unpaired) electrons. The van der Waals surface area contributed by atoms with Gasteiger partial charge < -0.3 is 4.55 Å². The molecule has 1 rings (SSSR count). The molecule has 0 aliphatic carbocycles. The Labute approximate surface area is 104 Å². The predicted octanol–water partition coefficient (Wildman–Crippen LogP) is -1.22. The van der Waals surface area contributed by atoms with Gasteiger partial charge in [-0.1, -0.05) is 12.1 Å². The number of rotatable bonds is 1. The van der Waals surface area contributed by atoms with E-state index in [1.165, 1.54) is 12.1 Å². The molecule has 0 saturated heterocycles. The summed E-state index contributed by atoms with van der Waals surface area (Å²) in [5.41, 5.74) is 0.766. The molecule has 0 aliphatic rings. The van der Waals surface area contributed by atoms with Gasteiger partial charge in [-0.05, 0) is 24.6 Å². The summed E-state index contributed by atoms with van der Waals surface area (Å²) in [6.07, 6.45) is 0. The van der Waals surface area contributed by atoms with Gasteiger partial charge in [0.05, 0.1) is 4.90 Å². The van der Waals surface area contributed by atoms with Gasteiger partial charge in [-0.15, -0.1) is 0 Å². The van der Waals surface area contributed by atoms with Crippen molar-refractivity contribution in [2.45, 2.75) is 11.8 Å². The molecule has 1 aromatic rings. The molecular weight excluding hydrogens is 239 g/mol. The molecule has 0 N–H and O–H groups in total. The summed E-state index contributed by atoms with van der Waals surface area (Å²) in [6.45, 7) is 1.73. The Hall–Kier alpha value is -0.418. The molecule has 0 aromatic heterocycles. The molecule has 0 spiro atoms. The minimum absolute atomic E-state index is 0. The average Bonchev–Trinajstić information content (AvgIpc) is 2.01. The van der Waals surface area contributed by atoms with Crippen LogP contribution in [0.3, 0.4) is 0 Å².